The van der Waals surface area contributed by atoms with Crippen molar-refractivity contribution >= 4 is 15.9 Å². The van der Waals surface area contributed by atoms with Gasteiger partial charge in [-0.3, -0.25) is 4.79 Å². The highest BCUT2D eigenvalue weighted by Gasteiger charge is 2.15. The molecule has 0 spiro atoms. The topological polar surface area (TPSA) is 93.7 Å². The molecule has 130 valence electrons. The molecule has 0 heterocycles. The predicted octanol–water partition coefficient (Wildman–Crippen LogP) is 1.15. The van der Waals surface area contributed by atoms with E-state index in [1.165, 1.54) is 14.2 Å². The van der Waals surface area contributed by atoms with Gasteiger partial charge in [0.05, 0.1) is 25.5 Å². The third-order valence-corrected chi connectivity index (χ3v) is 4.55. The Morgan fingerprint density at radius 3 is 2.52 bits per heavy atom. The maximum absolute atomic E-state index is 12.1. The van der Waals surface area contributed by atoms with Crippen LogP contribution in [-0.2, 0) is 10.0 Å². The lowest BCUT2D eigenvalue weighted by molar-refractivity contribution is 0.0953. The van der Waals surface area contributed by atoms with Crippen LogP contribution in [0.15, 0.2) is 18.2 Å². The third kappa shape index (κ3) is 6.45. The lowest BCUT2D eigenvalue weighted by Crippen LogP contribution is -2.34. The molecule has 0 atom stereocenters. The zero-order valence-corrected chi connectivity index (χ0v) is 14.5. The summed E-state index contributed by atoms with van der Waals surface area (Å²) in [6, 6.07) is 4.80. The molecule has 0 aliphatic rings. The zero-order chi connectivity index (χ0) is 17.3. The summed E-state index contributed by atoms with van der Waals surface area (Å²) < 4.78 is 36.2. The minimum Gasteiger partial charge on any atom is -0.497 e. The fourth-order valence-corrected chi connectivity index (χ4v) is 2.83. The van der Waals surface area contributed by atoms with Crippen molar-refractivity contribution in [3.8, 4) is 11.5 Å². The fraction of sp³-hybridized carbons (Fsp3) is 0.533. The Morgan fingerprint density at radius 1 is 1.17 bits per heavy atom. The molecule has 1 aromatic carbocycles. The summed E-state index contributed by atoms with van der Waals surface area (Å²) in [5, 5.41) is 2.58. The zero-order valence-electron chi connectivity index (χ0n) is 13.7. The largest absolute Gasteiger partial charge is 0.497 e. The van der Waals surface area contributed by atoms with E-state index in [-0.39, 0.29) is 12.3 Å². The molecule has 0 fully saturated rings. The summed E-state index contributed by atoms with van der Waals surface area (Å²) in [4.78, 5) is 12.1. The van der Waals surface area contributed by atoms with Gasteiger partial charge >= 0.3 is 0 Å². The van der Waals surface area contributed by atoms with Crippen molar-refractivity contribution in [2.75, 3.05) is 33.1 Å². The van der Waals surface area contributed by atoms with Gasteiger partial charge < -0.3 is 14.8 Å². The quantitative estimate of drug-likeness (QED) is 0.621. The molecule has 1 aromatic rings. The van der Waals surface area contributed by atoms with E-state index in [2.05, 4.69) is 10.0 Å². The number of benzene rings is 1. The van der Waals surface area contributed by atoms with E-state index in [0.29, 0.717) is 23.6 Å². The Hall–Kier alpha value is -1.80. The van der Waals surface area contributed by atoms with E-state index in [0.717, 1.165) is 12.8 Å². The minimum absolute atomic E-state index is 0.0233. The second-order valence-corrected chi connectivity index (χ2v) is 6.82. The van der Waals surface area contributed by atoms with Crippen LogP contribution in [0.5, 0.6) is 11.5 Å². The SMILES string of the molecule is CCCCNS(=O)(=O)CCNC(=O)c1ccc(OC)cc1OC. The monoisotopic (exact) mass is 344 g/mol. The first kappa shape index (κ1) is 19.2. The Morgan fingerprint density at radius 2 is 1.91 bits per heavy atom. The van der Waals surface area contributed by atoms with E-state index >= 15 is 0 Å². The van der Waals surface area contributed by atoms with Gasteiger partial charge in [-0.2, -0.15) is 0 Å². The minimum atomic E-state index is -3.37. The molecule has 0 unspecified atom stereocenters. The van der Waals surface area contributed by atoms with Crippen molar-refractivity contribution < 1.29 is 22.7 Å². The van der Waals surface area contributed by atoms with Gasteiger partial charge in [0, 0.05) is 19.2 Å². The van der Waals surface area contributed by atoms with Crippen LogP contribution in [0.3, 0.4) is 0 Å². The summed E-state index contributed by atoms with van der Waals surface area (Å²) >= 11 is 0. The molecule has 0 aliphatic heterocycles. The van der Waals surface area contributed by atoms with Crippen LogP contribution in [0, 0.1) is 0 Å². The number of sulfonamides is 1. The van der Waals surface area contributed by atoms with Gasteiger partial charge in [-0.05, 0) is 18.6 Å². The molecule has 0 aromatic heterocycles. The molecule has 0 aliphatic carbocycles. The maximum Gasteiger partial charge on any atom is 0.255 e. The Labute approximate surface area is 137 Å². The second-order valence-electron chi connectivity index (χ2n) is 4.89. The number of hydrogen-bond donors (Lipinski definition) is 2. The summed E-state index contributed by atoms with van der Waals surface area (Å²) in [6.07, 6.45) is 1.70. The van der Waals surface area contributed by atoms with Crippen molar-refractivity contribution in [1.82, 2.24) is 10.0 Å². The highest BCUT2D eigenvalue weighted by molar-refractivity contribution is 7.89. The molecule has 8 heteroatoms. The number of hydrogen-bond acceptors (Lipinski definition) is 5. The molecule has 0 bridgehead atoms. The van der Waals surface area contributed by atoms with Crippen molar-refractivity contribution in [3.63, 3.8) is 0 Å². The summed E-state index contributed by atoms with van der Waals surface area (Å²) in [7, 11) is -0.403. The first-order valence-electron chi connectivity index (χ1n) is 7.41. The number of carbonyl (C=O) groups excluding carboxylic acids is 1. The average Bonchev–Trinajstić information content (AvgIpc) is 2.54. The molecule has 7 nitrogen and oxygen atoms in total. The van der Waals surface area contributed by atoms with Crippen molar-refractivity contribution in [2.45, 2.75) is 19.8 Å². The number of methoxy groups -OCH3 is 2. The van der Waals surface area contributed by atoms with Gasteiger partial charge in [-0.15, -0.1) is 0 Å². The van der Waals surface area contributed by atoms with Gasteiger partial charge in [-0.1, -0.05) is 13.3 Å². The van der Waals surface area contributed by atoms with Crippen LogP contribution >= 0.6 is 0 Å². The van der Waals surface area contributed by atoms with Crippen LogP contribution in [-0.4, -0.2) is 47.4 Å². The summed E-state index contributed by atoms with van der Waals surface area (Å²) in [5.74, 6) is 0.376. The second kappa shape index (κ2) is 9.36. The molecular weight excluding hydrogens is 320 g/mol. The number of unbranched alkanes of at least 4 members (excludes halogenated alkanes) is 1. The van der Waals surface area contributed by atoms with Crippen molar-refractivity contribution in [1.29, 1.82) is 0 Å². The van der Waals surface area contributed by atoms with E-state index in [9.17, 15) is 13.2 Å². The van der Waals surface area contributed by atoms with Crippen molar-refractivity contribution in [3.05, 3.63) is 23.8 Å². The first-order valence-corrected chi connectivity index (χ1v) is 9.06. The van der Waals surface area contributed by atoms with Gasteiger partial charge in [0.25, 0.3) is 5.91 Å². The molecule has 23 heavy (non-hydrogen) atoms. The van der Waals surface area contributed by atoms with Gasteiger partial charge in [0.15, 0.2) is 0 Å². The molecule has 1 rings (SSSR count). The number of nitrogens with one attached hydrogen (secondary N) is 2. The van der Waals surface area contributed by atoms with Gasteiger partial charge in [0.1, 0.15) is 11.5 Å². The number of ether oxygens (including phenoxy) is 2. The molecule has 0 saturated carbocycles. The van der Waals surface area contributed by atoms with Gasteiger partial charge in [0.2, 0.25) is 10.0 Å². The van der Waals surface area contributed by atoms with E-state index in [1.54, 1.807) is 18.2 Å². The maximum atomic E-state index is 12.1. The van der Waals surface area contributed by atoms with E-state index < -0.39 is 15.9 Å². The van der Waals surface area contributed by atoms with Gasteiger partial charge in [-0.25, -0.2) is 13.1 Å². The summed E-state index contributed by atoms with van der Waals surface area (Å²) in [5.41, 5.74) is 0.324. The molecule has 0 radical (unpaired) electrons. The highest BCUT2D eigenvalue weighted by Crippen LogP contribution is 2.24. The fourth-order valence-electron chi connectivity index (χ4n) is 1.86. The van der Waals surface area contributed by atoms with E-state index in [1.807, 2.05) is 6.92 Å². The molecule has 2 N–H and O–H groups in total. The highest BCUT2D eigenvalue weighted by atomic mass is 32.2. The first-order chi connectivity index (χ1) is 10.9. The van der Waals surface area contributed by atoms with E-state index in [4.69, 9.17) is 9.47 Å². The Kier molecular flexibility index (Phi) is 7.84. The van der Waals surface area contributed by atoms with Crippen LogP contribution in [0.4, 0.5) is 0 Å². The molecule has 1 amide bonds. The smallest absolute Gasteiger partial charge is 0.255 e. The van der Waals surface area contributed by atoms with Crippen molar-refractivity contribution in [2.24, 2.45) is 0 Å². The average molecular weight is 344 g/mol. The molecular formula is C15H24N2O5S. The number of rotatable bonds is 10. The lowest BCUT2D eigenvalue weighted by atomic mass is 10.2. The Bertz CT molecular complexity index is 616. The third-order valence-electron chi connectivity index (χ3n) is 3.16. The van der Waals surface area contributed by atoms with Crippen LogP contribution < -0.4 is 19.5 Å². The standard InChI is InChI=1S/C15H24N2O5S/c1-4-5-8-17-23(19,20)10-9-16-15(18)13-7-6-12(21-2)11-14(13)22-3/h6-7,11,17H,4-5,8-10H2,1-3H3,(H,16,18). The number of carbonyl (C=O) groups is 1. The predicted molar refractivity (Wildman–Crippen MR) is 88.6 cm³/mol. The Balaban J connectivity index is 2.57. The van der Waals surface area contributed by atoms with Crippen LogP contribution in [0.2, 0.25) is 0 Å². The van der Waals surface area contributed by atoms with Crippen LogP contribution in [0.1, 0.15) is 30.1 Å². The normalized spacial score (nSPS) is 11.1. The van der Waals surface area contributed by atoms with Crippen LogP contribution in [0.25, 0.3) is 0 Å². The number of amides is 1. The lowest BCUT2D eigenvalue weighted by Gasteiger charge is -2.11. The molecule has 0 saturated heterocycles. The summed E-state index contributed by atoms with van der Waals surface area (Å²) in [6.45, 7) is 2.42.